The molecule has 2 aromatic rings. The van der Waals surface area contributed by atoms with Crippen LogP contribution in [0.2, 0.25) is 0 Å². The Kier molecular flexibility index (Phi) is 4.44. The van der Waals surface area contributed by atoms with Crippen molar-refractivity contribution in [3.63, 3.8) is 0 Å². The third-order valence-corrected chi connectivity index (χ3v) is 3.81. The number of carbonyl (C=O) groups excluding carboxylic acids is 2. The van der Waals surface area contributed by atoms with Gasteiger partial charge in [0.15, 0.2) is 0 Å². The molecule has 0 fully saturated rings. The van der Waals surface area contributed by atoms with E-state index in [2.05, 4.69) is 5.32 Å². The van der Waals surface area contributed by atoms with Crippen LogP contribution < -0.4 is 21.5 Å². The van der Waals surface area contributed by atoms with Crippen LogP contribution in [0.4, 0.5) is 5.69 Å². The molecular weight excluding hydrogens is 290 g/mol. The summed E-state index contributed by atoms with van der Waals surface area (Å²) in [5.41, 5.74) is 12.0. The zero-order valence-corrected chi connectivity index (χ0v) is 12.2. The minimum Gasteiger partial charge on any atom is -0.495 e. The molecule has 0 aliphatic heterocycles. The third kappa shape index (κ3) is 3.51. The number of anilines is 1. The van der Waals surface area contributed by atoms with E-state index in [0.29, 0.717) is 29.1 Å². The average molecular weight is 305 g/mol. The number of methoxy groups -OCH3 is 1. The van der Waals surface area contributed by atoms with Crippen LogP contribution >= 0.6 is 11.3 Å². The SMILES string of the molecule is COc1ccc(C(N)=O)cc1NCc1cc(C(N)=O)cs1. The van der Waals surface area contributed by atoms with Gasteiger partial charge in [-0.25, -0.2) is 0 Å². The molecular formula is C14H15N3O3S. The number of thiophene rings is 1. The van der Waals surface area contributed by atoms with Crippen LogP contribution in [0.3, 0.4) is 0 Å². The van der Waals surface area contributed by atoms with Crippen molar-refractivity contribution in [2.75, 3.05) is 12.4 Å². The summed E-state index contributed by atoms with van der Waals surface area (Å²) >= 11 is 1.43. The number of hydrogen-bond acceptors (Lipinski definition) is 5. The lowest BCUT2D eigenvalue weighted by Gasteiger charge is -2.11. The van der Waals surface area contributed by atoms with Gasteiger partial charge in [-0.05, 0) is 24.3 Å². The summed E-state index contributed by atoms with van der Waals surface area (Å²) < 4.78 is 5.23. The highest BCUT2D eigenvalue weighted by atomic mass is 32.1. The highest BCUT2D eigenvalue weighted by molar-refractivity contribution is 7.10. The lowest BCUT2D eigenvalue weighted by atomic mass is 10.1. The minimum absolute atomic E-state index is 0.391. The van der Waals surface area contributed by atoms with Gasteiger partial charge in [0.2, 0.25) is 11.8 Å². The van der Waals surface area contributed by atoms with E-state index in [4.69, 9.17) is 16.2 Å². The van der Waals surface area contributed by atoms with Gasteiger partial charge in [-0.1, -0.05) is 0 Å². The first-order valence-corrected chi connectivity index (χ1v) is 6.98. The van der Waals surface area contributed by atoms with E-state index < -0.39 is 11.8 Å². The van der Waals surface area contributed by atoms with Gasteiger partial charge in [0, 0.05) is 22.4 Å². The van der Waals surface area contributed by atoms with Crippen molar-refractivity contribution in [1.29, 1.82) is 0 Å². The summed E-state index contributed by atoms with van der Waals surface area (Å²) in [5, 5.41) is 4.86. The molecule has 2 amide bonds. The van der Waals surface area contributed by atoms with E-state index in [9.17, 15) is 9.59 Å². The molecule has 2 rings (SSSR count). The summed E-state index contributed by atoms with van der Waals surface area (Å²) in [6.45, 7) is 0.483. The second-order valence-electron chi connectivity index (χ2n) is 4.30. The number of carbonyl (C=O) groups is 2. The lowest BCUT2D eigenvalue weighted by molar-refractivity contribution is 0.0992. The van der Waals surface area contributed by atoms with Crippen molar-refractivity contribution in [2.24, 2.45) is 11.5 Å². The Labute approximate surface area is 125 Å². The average Bonchev–Trinajstić information content (AvgIpc) is 2.93. The predicted molar refractivity (Wildman–Crippen MR) is 81.7 cm³/mol. The molecule has 21 heavy (non-hydrogen) atoms. The second kappa shape index (κ2) is 6.27. The molecule has 6 nitrogen and oxygen atoms in total. The van der Waals surface area contributed by atoms with Crippen LogP contribution in [-0.4, -0.2) is 18.9 Å². The zero-order chi connectivity index (χ0) is 15.4. The molecule has 0 aliphatic carbocycles. The van der Waals surface area contributed by atoms with Gasteiger partial charge in [0.1, 0.15) is 5.75 Å². The number of benzene rings is 1. The Morgan fingerprint density at radius 3 is 2.48 bits per heavy atom. The summed E-state index contributed by atoms with van der Waals surface area (Å²) in [7, 11) is 1.54. The Balaban J connectivity index is 2.15. The fourth-order valence-corrected chi connectivity index (χ4v) is 2.60. The van der Waals surface area contributed by atoms with E-state index in [0.717, 1.165) is 4.88 Å². The van der Waals surface area contributed by atoms with Crippen molar-refractivity contribution in [2.45, 2.75) is 6.54 Å². The Morgan fingerprint density at radius 2 is 1.90 bits per heavy atom. The molecule has 1 aromatic heterocycles. The van der Waals surface area contributed by atoms with Gasteiger partial charge in [0.25, 0.3) is 0 Å². The maximum Gasteiger partial charge on any atom is 0.249 e. The number of hydrogen-bond donors (Lipinski definition) is 3. The monoisotopic (exact) mass is 305 g/mol. The number of nitrogens with one attached hydrogen (secondary N) is 1. The normalized spacial score (nSPS) is 10.1. The van der Waals surface area contributed by atoms with Crippen LogP contribution in [0.25, 0.3) is 0 Å². The van der Waals surface area contributed by atoms with Gasteiger partial charge in [-0.15, -0.1) is 11.3 Å². The van der Waals surface area contributed by atoms with E-state index in [1.807, 2.05) is 0 Å². The summed E-state index contributed by atoms with van der Waals surface area (Å²) in [6, 6.07) is 6.63. The van der Waals surface area contributed by atoms with Crippen molar-refractivity contribution in [3.05, 3.63) is 45.6 Å². The Morgan fingerprint density at radius 1 is 1.19 bits per heavy atom. The zero-order valence-electron chi connectivity index (χ0n) is 11.4. The molecule has 0 saturated heterocycles. The van der Waals surface area contributed by atoms with Crippen molar-refractivity contribution in [3.8, 4) is 5.75 Å². The summed E-state index contributed by atoms with van der Waals surface area (Å²) in [4.78, 5) is 23.2. The highest BCUT2D eigenvalue weighted by Crippen LogP contribution is 2.26. The minimum atomic E-state index is -0.507. The first-order valence-electron chi connectivity index (χ1n) is 6.10. The first kappa shape index (κ1) is 14.9. The molecule has 1 aromatic carbocycles. The van der Waals surface area contributed by atoms with Crippen LogP contribution in [0, 0.1) is 0 Å². The number of rotatable bonds is 6. The van der Waals surface area contributed by atoms with Crippen molar-refractivity contribution >= 4 is 28.8 Å². The Bertz CT molecular complexity index is 682. The molecule has 0 spiro atoms. The number of primary amides is 2. The lowest BCUT2D eigenvalue weighted by Crippen LogP contribution is -2.11. The quantitative estimate of drug-likeness (QED) is 0.752. The van der Waals surface area contributed by atoms with E-state index >= 15 is 0 Å². The van der Waals surface area contributed by atoms with Crippen molar-refractivity contribution in [1.82, 2.24) is 0 Å². The van der Waals surface area contributed by atoms with Crippen molar-refractivity contribution < 1.29 is 14.3 Å². The van der Waals surface area contributed by atoms with Gasteiger partial charge in [0.05, 0.1) is 18.4 Å². The predicted octanol–water partition coefficient (Wildman–Crippen LogP) is 1.57. The maximum absolute atomic E-state index is 11.2. The van der Waals surface area contributed by atoms with Gasteiger partial charge >= 0.3 is 0 Å². The molecule has 1 heterocycles. The molecule has 0 bridgehead atoms. The summed E-state index contributed by atoms with van der Waals surface area (Å²) in [5.74, 6) is -0.356. The largest absolute Gasteiger partial charge is 0.495 e. The smallest absolute Gasteiger partial charge is 0.249 e. The van der Waals surface area contributed by atoms with Crippen LogP contribution in [0.1, 0.15) is 25.6 Å². The standard InChI is InChI=1S/C14H15N3O3S/c1-20-12-3-2-8(13(15)18)5-11(12)17-6-10-4-9(7-21-10)14(16)19/h2-5,7,17H,6H2,1H3,(H2,15,18)(H2,16,19). The Hall–Kier alpha value is -2.54. The van der Waals surface area contributed by atoms with E-state index in [1.54, 1.807) is 36.8 Å². The van der Waals surface area contributed by atoms with Gasteiger partial charge in [-0.2, -0.15) is 0 Å². The van der Waals surface area contributed by atoms with E-state index in [-0.39, 0.29) is 0 Å². The summed E-state index contributed by atoms with van der Waals surface area (Å²) in [6.07, 6.45) is 0. The van der Waals surface area contributed by atoms with Crippen LogP contribution in [0.15, 0.2) is 29.6 Å². The van der Waals surface area contributed by atoms with E-state index in [1.165, 1.54) is 11.3 Å². The molecule has 7 heteroatoms. The molecule has 0 atom stereocenters. The molecule has 0 radical (unpaired) electrons. The van der Waals surface area contributed by atoms with Crippen LogP contribution in [-0.2, 0) is 6.54 Å². The molecule has 0 saturated carbocycles. The van der Waals surface area contributed by atoms with Gasteiger partial charge in [-0.3, -0.25) is 9.59 Å². The second-order valence-corrected chi connectivity index (χ2v) is 5.29. The number of amides is 2. The molecule has 110 valence electrons. The third-order valence-electron chi connectivity index (χ3n) is 2.88. The number of nitrogens with two attached hydrogens (primary N) is 2. The topological polar surface area (TPSA) is 107 Å². The molecule has 5 N–H and O–H groups in total. The van der Waals surface area contributed by atoms with Crippen LogP contribution in [0.5, 0.6) is 5.75 Å². The first-order chi connectivity index (χ1) is 10.0. The fourth-order valence-electron chi connectivity index (χ4n) is 1.78. The fraction of sp³-hybridized carbons (Fsp3) is 0.143. The van der Waals surface area contributed by atoms with Gasteiger partial charge < -0.3 is 21.5 Å². The highest BCUT2D eigenvalue weighted by Gasteiger charge is 2.09. The maximum atomic E-state index is 11.2. The molecule has 0 unspecified atom stereocenters. The number of ether oxygens (including phenoxy) is 1. The molecule has 0 aliphatic rings.